The van der Waals surface area contributed by atoms with Crippen LogP contribution in [0.4, 0.5) is 0 Å². The molecule has 3 heterocycles. The molecule has 1 saturated carbocycles. The number of aromatic nitrogens is 3. The van der Waals surface area contributed by atoms with Crippen LogP contribution in [0.25, 0.3) is 0 Å². The minimum atomic E-state index is 0.525. The van der Waals surface area contributed by atoms with E-state index in [4.69, 9.17) is 4.74 Å². The zero-order valence-corrected chi connectivity index (χ0v) is 14.5. The molecule has 2 aliphatic rings. The Balaban J connectivity index is 1.43. The quantitative estimate of drug-likeness (QED) is 0.816. The molecular weight excluding hydrogens is 308 g/mol. The summed E-state index contributed by atoms with van der Waals surface area (Å²) in [6, 6.07) is 0. The van der Waals surface area contributed by atoms with Crippen molar-refractivity contribution in [2.75, 3.05) is 19.8 Å². The number of imidazole rings is 1. The predicted octanol–water partition coefficient (Wildman–Crippen LogP) is 2.71. The third kappa shape index (κ3) is 3.82. The van der Waals surface area contributed by atoms with E-state index in [0.717, 1.165) is 51.0 Å². The van der Waals surface area contributed by atoms with Crippen LogP contribution in [0.15, 0.2) is 18.0 Å². The molecule has 0 bridgehead atoms. The largest absolute Gasteiger partial charge is 0.381 e. The maximum Gasteiger partial charge on any atom is 0.0948 e. The lowest BCUT2D eigenvalue weighted by Gasteiger charge is -2.23. The van der Waals surface area contributed by atoms with Gasteiger partial charge in [-0.25, -0.2) is 9.97 Å². The number of nitrogens with zero attached hydrogens (tertiary/aromatic N) is 4. The maximum absolute atomic E-state index is 5.98. The number of ether oxygens (including phenoxy) is 1. The zero-order chi connectivity index (χ0) is 15.6. The molecule has 2 aromatic rings. The molecule has 0 spiro atoms. The van der Waals surface area contributed by atoms with Crippen LogP contribution in [-0.2, 0) is 24.4 Å². The minimum absolute atomic E-state index is 0.525. The summed E-state index contributed by atoms with van der Waals surface area (Å²) in [5, 5.41) is 0. The van der Waals surface area contributed by atoms with Crippen LogP contribution in [0.5, 0.6) is 0 Å². The van der Waals surface area contributed by atoms with Gasteiger partial charge in [-0.2, -0.15) is 0 Å². The van der Waals surface area contributed by atoms with E-state index in [2.05, 4.69) is 26.4 Å². The summed E-state index contributed by atoms with van der Waals surface area (Å²) < 4.78 is 8.28. The first kappa shape index (κ1) is 15.3. The van der Waals surface area contributed by atoms with Crippen molar-refractivity contribution in [3.05, 3.63) is 34.3 Å². The maximum atomic E-state index is 5.98. The lowest BCUT2D eigenvalue weighted by molar-refractivity contribution is 0.0706. The number of fused-ring (bicyclic) bond motifs is 1. The van der Waals surface area contributed by atoms with Crippen molar-refractivity contribution in [2.24, 2.45) is 11.8 Å². The molecule has 6 heteroatoms. The van der Waals surface area contributed by atoms with Crippen molar-refractivity contribution in [2.45, 2.75) is 39.4 Å². The Kier molecular flexibility index (Phi) is 4.46. The summed E-state index contributed by atoms with van der Waals surface area (Å²) in [4.78, 5) is 12.6. The summed E-state index contributed by atoms with van der Waals surface area (Å²) in [7, 11) is 0. The molecule has 4 rings (SSSR count). The summed E-state index contributed by atoms with van der Waals surface area (Å²) in [5.74, 6) is 1.36. The van der Waals surface area contributed by atoms with E-state index < -0.39 is 0 Å². The van der Waals surface area contributed by atoms with Gasteiger partial charge in [-0.3, -0.25) is 4.90 Å². The van der Waals surface area contributed by atoms with E-state index in [9.17, 15) is 0 Å². The molecule has 5 nitrogen and oxygen atoms in total. The average molecular weight is 332 g/mol. The molecule has 1 aliphatic carbocycles. The summed E-state index contributed by atoms with van der Waals surface area (Å²) in [5.41, 5.74) is 4.41. The second-order valence-corrected chi connectivity index (χ2v) is 7.85. The van der Waals surface area contributed by atoms with E-state index >= 15 is 0 Å². The third-order valence-electron chi connectivity index (χ3n) is 4.77. The Morgan fingerprint density at radius 3 is 2.91 bits per heavy atom. The Bertz CT molecular complexity index is 649. The van der Waals surface area contributed by atoms with Crippen LogP contribution < -0.4 is 0 Å². The molecule has 0 unspecified atom stereocenters. The predicted molar refractivity (Wildman–Crippen MR) is 90.2 cm³/mol. The fourth-order valence-electron chi connectivity index (χ4n) is 3.23. The third-order valence-corrected chi connectivity index (χ3v) is 5.69. The van der Waals surface area contributed by atoms with E-state index in [0.29, 0.717) is 5.92 Å². The number of rotatable bonds is 6. The van der Waals surface area contributed by atoms with E-state index in [-0.39, 0.29) is 0 Å². The molecular formula is C17H24N4OS. The number of thiazole rings is 1. The number of hydrogen-bond donors (Lipinski definition) is 0. The van der Waals surface area contributed by atoms with E-state index in [1.165, 1.54) is 23.4 Å². The second kappa shape index (κ2) is 6.71. The van der Waals surface area contributed by atoms with Gasteiger partial charge in [0.05, 0.1) is 29.8 Å². The molecule has 1 aliphatic heterocycles. The van der Waals surface area contributed by atoms with Crippen LogP contribution in [0.3, 0.4) is 0 Å². The Morgan fingerprint density at radius 1 is 1.26 bits per heavy atom. The number of aryl methyl sites for hydroxylation is 1. The molecule has 0 saturated heterocycles. The first-order valence-electron chi connectivity index (χ1n) is 8.46. The van der Waals surface area contributed by atoms with Gasteiger partial charge in [0.15, 0.2) is 0 Å². The van der Waals surface area contributed by atoms with Gasteiger partial charge in [0.25, 0.3) is 0 Å². The number of hydrogen-bond acceptors (Lipinski definition) is 5. The lowest BCUT2D eigenvalue weighted by atomic mass is 10.1. The van der Waals surface area contributed by atoms with Gasteiger partial charge < -0.3 is 9.30 Å². The molecule has 2 aromatic heterocycles. The fraction of sp³-hybridized carbons (Fsp3) is 0.647. The first-order valence-corrected chi connectivity index (χ1v) is 9.34. The van der Waals surface area contributed by atoms with Crippen molar-refractivity contribution in [3.63, 3.8) is 0 Å². The van der Waals surface area contributed by atoms with Gasteiger partial charge in [0.2, 0.25) is 0 Å². The molecule has 124 valence electrons. The van der Waals surface area contributed by atoms with E-state index in [1.807, 2.05) is 18.0 Å². The van der Waals surface area contributed by atoms with Crippen LogP contribution in [0, 0.1) is 18.8 Å². The van der Waals surface area contributed by atoms with Gasteiger partial charge in [-0.1, -0.05) is 0 Å². The van der Waals surface area contributed by atoms with Crippen LogP contribution in [0.2, 0.25) is 0 Å². The van der Waals surface area contributed by atoms with Crippen molar-refractivity contribution in [3.8, 4) is 0 Å². The SMILES string of the molecule is Cc1ncsc1CN1Cc2cncn2C[C@H](COCC2CC2)C1. The van der Waals surface area contributed by atoms with Gasteiger partial charge >= 0.3 is 0 Å². The van der Waals surface area contributed by atoms with Crippen molar-refractivity contribution in [1.82, 2.24) is 19.4 Å². The van der Waals surface area contributed by atoms with Crippen molar-refractivity contribution < 1.29 is 4.74 Å². The molecule has 23 heavy (non-hydrogen) atoms. The zero-order valence-electron chi connectivity index (χ0n) is 13.6. The molecule has 0 aromatic carbocycles. The second-order valence-electron chi connectivity index (χ2n) is 6.91. The van der Waals surface area contributed by atoms with Crippen molar-refractivity contribution in [1.29, 1.82) is 0 Å². The highest BCUT2D eigenvalue weighted by Crippen LogP contribution is 2.29. The van der Waals surface area contributed by atoms with Gasteiger partial charge in [-0.15, -0.1) is 11.3 Å². The Morgan fingerprint density at radius 2 is 2.13 bits per heavy atom. The normalized spacial score (nSPS) is 22.0. The summed E-state index contributed by atoms with van der Waals surface area (Å²) in [6.07, 6.45) is 6.67. The molecule has 0 amide bonds. The molecule has 0 radical (unpaired) electrons. The monoisotopic (exact) mass is 332 g/mol. The molecule has 0 N–H and O–H groups in total. The van der Waals surface area contributed by atoms with E-state index in [1.54, 1.807) is 11.3 Å². The molecule has 1 atom stereocenters. The standard InChI is InChI=1S/C17H24N4OS/c1-13-17(23-12-19-13)8-20-5-15(10-22-9-14-2-3-14)6-21-11-18-4-16(21)7-20/h4,11-12,14-15H,2-3,5-10H2,1H3/t15-/m1/s1. The van der Waals surface area contributed by atoms with Gasteiger partial charge in [-0.05, 0) is 25.7 Å². The van der Waals surface area contributed by atoms with Gasteiger partial charge in [0, 0.05) is 49.8 Å². The first-order chi connectivity index (χ1) is 11.3. The topological polar surface area (TPSA) is 43.2 Å². The Hall–Kier alpha value is -1.24. The summed E-state index contributed by atoms with van der Waals surface area (Å²) in [6.45, 7) is 7.91. The van der Waals surface area contributed by atoms with Crippen molar-refractivity contribution >= 4 is 11.3 Å². The van der Waals surface area contributed by atoms with Crippen LogP contribution >= 0.6 is 11.3 Å². The highest BCUT2D eigenvalue weighted by atomic mass is 32.1. The smallest absolute Gasteiger partial charge is 0.0948 e. The van der Waals surface area contributed by atoms with Crippen LogP contribution in [-0.4, -0.2) is 39.2 Å². The highest BCUT2D eigenvalue weighted by molar-refractivity contribution is 7.09. The van der Waals surface area contributed by atoms with Crippen LogP contribution in [0.1, 0.15) is 29.1 Å². The minimum Gasteiger partial charge on any atom is -0.381 e. The molecule has 1 fully saturated rings. The summed E-state index contributed by atoms with van der Waals surface area (Å²) >= 11 is 1.76. The van der Waals surface area contributed by atoms with Gasteiger partial charge in [0.1, 0.15) is 0 Å². The Labute approximate surface area is 141 Å². The lowest BCUT2D eigenvalue weighted by Crippen LogP contribution is -2.30. The average Bonchev–Trinajstić information content (AvgIpc) is 3.17. The highest BCUT2D eigenvalue weighted by Gasteiger charge is 2.25. The fourth-order valence-corrected chi connectivity index (χ4v) is 4.05.